The largest absolute Gasteiger partial charge is 0.461 e. The number of rotatable bonds is 5. The molecule has 96 valence electrons. The standard InChI is InChI=1S/C13H21NO3/c1-4-6-13(16)17-11-8-5-7-10(11)9-12(15)14(2)3/h5,7,10-11H,4,6,8-9H2,1-3H3/t10-,11-/m1/s1. The van der Waals surface area contributed by atoms with E-state index < -0.39 is 0 Å². The van der Waals surface area contributed by atoms with Crippen molar-refractivity contribution < 1.29 is 14.3 Å². The predicted molar refractivity (Wildman–Crippen MR) is 65.3 cm³/mol. The van der Waals surface area contributed by atoms with Gasteiger partial charge in [-0.3, -0.25) is 9.59 Å². The van der Waals surface area contributed by atoms with Crippen LogP contribution in [0.15, 0.2) is 12.2 Å². The Bertz CT molecular complexity index is 310. The monoisotopic (exact) mass is 239 g/mol. The lowest BCUT2D eigenvalue weighted by Crippen LogP contribution is -2.29. The Hall–Kier alpha value is -1.32. The van der Waals surface area contributed by atoms with Gasteiger partial charge in [0.1, 0.15) is 6.10 Å². The summed E-state index contributed by atoms with van der Waals surface area (Å²) < 4.78 is 5.37. The molecule has 0 aromatic carbocycles. The molecule has 0 saturated carbocycles. The SMILES string of the molecule is CCCC(=O)O[C@@H]1CC=C[C@@H]1CC(=O)N(C)C. The maximum absolute atomic E-state index is 11.6. The number of esters is 1. The Balaban J connectivity index is 2.45. The Morgan fingerprint density at radius 1 is 1.41 bits per heavy atom. The molecule has 2 atom stereocenters. The second kappa shape index (κ2) is 6.42. The van der Waals surface area contributed by atoms with Gasteiger partial charge in [0.15, 0.2) is 0 Å². The van der Waals surface area contributed by atoms with Crippen LogP contribution in [0.4, 0.5) is 0 Å². The molecule has 4 heteroatoms. The van der Waals surface area contributed by atoms with E-state index in [-0.39, 0.29) is 23.9 Å². The summed E-state index contributed by atoms with van der Waals surface area (Å²) in [4.78, 5) is 24.6. The smallest absolute Gasteiger partial charge is 0.306 e. The molecule has 17 heavy (non-hydrogen) atoms. The molecule has 0 N–H and O–H groups in total. The van der Waals surface area contributed by atoms with Gasteiger partial charge in [-0.05, 0) is 6.42 Å². The van der Waals surface area contributed by atoms with Crippen molar-refractivity contribution in [3.8, 4) is 0 Å². The van der Waals surface area contributed by atoms with Gasteiger partial charge in [-0.2, -0.15) is 0 Å². The molecule has 1 rings (SSSR count). The Labute approximate surface area is 103 Å². The van der Waals surface area contributed by atoms with Crippen LogP contribution < -0.4 is 0 Å². The van der Waals surface area contributed by atoms with Crippen LogP contribution >= 0.6 is 0 Å². The fourth-order valence-electron chi connectivity index (χ4n) is 1.84. The van der Waals surface area contributed by atoms with Crippen molar-refractivity contribution in [2.75, 3.05) is 14.1 Å². The first-order valence-electron chi connectivity index (χ1n) is 6.11. The van der Waals surface area contributed by atoms with Crippen molar-refractivity contribution in [2.24, 2.45) is 5.92 Å². The number of hydrogen-bond donors (Lipinski definition) is 0. The zero-order valence-corrected chi connectivity index (χ0v) is 10.8. The van der Waals surface area contributed by atoms with Crippen molar-refractivity contribution in [2.45, 2.75) is 38.7 Å². The lowest BCUT2D eigenvalue weighted by atomic mass is 10.0. The van der Waals surface area contributed by atoms with Crippen LogP contribution in [0.3, 0.4) is 0 Å². The topological polar surface area (TPSA) is 46.6 Å². The molecule has 4 nitrogen and oxygen atoms in total. The van der Waals surface area contributed by atoms with Crippen LogP contribution in [0.2, 0.25) is 0 Å². The summed E-state index contributed by atoms with van der Waals surface area (Å²) in [5.41, 5.74) is 0. The predicted octanol–water partition coefficient (Wildman–Crippen LogP) is 1.75. The molecule has 0 aromatic rings. The molecule has 0 heterocycles. The average molecular weight is 239 g/mol. The molecule has 0 radical (unpaired) electrons. The maximum atomic E-state index is 11.6. The third kappa shape index (κ3) is 4.21. The number of carbonyl (C=O) groups excluding carboxylic acids is 2. The molecule has 0 bridgehead atoms. The summed E-state index contributed by atoms with van der Waals surface area (Å²) >= 11 is 0. The van der Waals surface area contributed by atoms with Gasteiger partial charge in [0.25, 0.3) is 0 Å². The van der Waals surface area contributed by atoms with E-state index in [1.807, 2.05) is 19.1 Å². The molecule has 0 unspecified atom stereocenters. The van der Waals surface area contributed by atoms with E-state index >= 15 is 0 Å². The van der Waals surface area contributed by atoms with Crippen LogP contribution in [-0.2, 0) is 14.3 Å². The highest BCUT2D eigenvalue weighted by Gasteiger charge is 2.28. The van der Waals surface area contributed by atoms with Gasteiger partial charge in [0, 0.05) is 39.3 Å². The summed E-state index contributed by atoms with van der Waals surface area (Å²) in [6.07, 6.45) is 6.18. The van der Waals surface area contributed by atoms with Gasteiger partial charge in [-0.15, -0.1) is 0 Å². The lowest BCUT2D eigenvalue weighted by molar-refractivity contribution is -0.151. The first kappa shape index (κ1) is 13.7. The third-order valence-corrected chi connectivity index (χ3v) is 2.88. The average Bonchev–Trinajstić information content (AvgIpc) is 2.65. The normalized spacial score (nSPS) is 22.5. The van der Waals surface area contributed by atoms with Crippen molar-refractivity contribution in [1.82, 2.24) is 4.90 Å². The van der Waals surface area contributed by atoms with Crippen LogP contribution in [0.1, 0.15) is 32.6 Å². The highest BCUT2D eigenvalue weighted by molar-refractivity contribution is 5.76. The molecule has 0 aromatic heterocycles. The van der Waals surface area contributed by atoms with Crippen molar-refractivity contribution in [3.05, 3.63) is 12.2 Å². The zero-order chi connectivity index (χ0) is 12.8. The fraction of sp³-hybridized carbons (Fsp3) is 0.692. The molecule has 1 aliphatic carbocycles. The Morgan fingerprint density at radius 3 is 2.71 bits per heavy atom. The minimum Gasteiger partial charge on any atom is -0.461 e. The van der Waals surface area contributed by atoms with E-state index in [0.717, 1.165) is 12.8 Å². The molecule has 0 aliphatic heterocycles. The lowest BCUT2D eigenvalue weighted by Gasteiger charge is -2.21. The van der Waals surface area contributed by atoms with E-state index in [9.17, 15) is 9.59 Å². The molecular formula is C13H21NO3. The van der Waals surface area contributed by atoms with Gasteiger partial charge >= 0.3 is 5.97 Å². The molecule has 1 amide bonds. The van der Waals surface area contributed by atoms with Gasteiger partial charge in [0.05, 0.1) is 0 Å². The molecule has 0 fully saturated rings. The highest BCUT2D eigenvalue weighted by atomic mass is 16.5. The summed E-state index contributed by atoms with van der Waals surface area (Å²) in [5, 5.41) is 0. The molecule has 1 aliphatic rings. The van der Waals surface area contributed by atoms with Crippen LogP contribution in [0.25, 0.3) is 0 Å². The van der Waals surface area contributed by atoms with Crippen molar-refractivity contribution >= 4 is 11.9 Å². The van der Waals surface area contributed by atoms with E-state index in [1.165, 1.54) is 0 Å². The van der Waals surface area contributed by atoms with Crippen molar-refractivity contribution in [1.29, 1.82) is 0 Å². The second-order valence-electron chi connectivity index (χ2n) is 4.60. The number of hydrogen-bond acceptors (Lipinski definition) is 3. The third-order valence-electron chi connectivity index (χ3n) is 2.88. The second-order valence-corrected chi connectivity index (χ2v) is 4.60. The summed E-state index contributed by atoms with van der Waals surface area (Å²) in [7, 11) is 3.47. The molecule has 0 saturated heterocycles. The summed E-state index contributed by atoms with van der Waals surface area (Å²) in [5.74, 6) is -0.0627. The van der Waals surface area contributed by atoms with Gasteiger partial charge in [-0.25, -0.2) is 0 Å². The highest BCUT2D eigenvalue weighted by Crippen LogP contribution is 2.25. The minimum absolute atomic E-state index is 0.0331. The molecule has 0 spiro atoms. The van der Waals surface area contributed by atoms with E-state index in [1.54, 1.807) is 19.0 Å². The van der Waals surface area contributed by atoms with Crippen LogP contribution in [0, 0.1) is 5.92 Å². The van der Waals surface area contributed by atoms with E-state index in [4.69, 9.17) is 4.74 Å². The maximum Gasteiger partial charge on any atom is 0.306 e. The Morgan fingerprint density at radius 2 is 2.12 bits per heavy atom. The number of nitrogens with zero attached hydrogens (tertiary/aromatic N) is 1. The van der Waals surface area contributed by atoms with Gasteiger partial charge in [-0.1, -0.05) is 19.1 Å². The van der Waals surface area contributed by atoms with Gasteiger partial charge < -0.3 is 9.64 Å². The summed E-state index contributed by atoms with van der Waals surface area (Å²) in [6.45, 7) is 1.95. The number of amides is 1. The van der Waals surface area contributed by atoms with E-state index in [0.29, 0.717) is 12.8 Å². The quantitative estimate of drug-likeness (QED) is 0.542. The molecular weight excluding hydrogens is 218 g/mol. The van der Waals surface area contributed by atoms with Crippen molar-refractivity contribution in [3.63, 3.8) is 0 Å². The fourth-order valence-corrected chi connectivity index (χ4v) is 1.84. The first-order chi connectivity index (χ1) is 8.04. The minimum atomic E-state index is -0.163. The number of carbonyl (C=O) groups is 2. The summed E-state index contributed by atoms with van der Waals surface area (Å²) in [6, 6.07) is 0. The van der Waals surface area contributed by atoms with Crippen LogP contribution in [0.5, 0.6) is 0 Å². The Kier molecular flexibility index (Phi) is 5.19. The van der Waals surface area contributed by atoms with E-state index in [2.05, 4.69) is 0 Å². The zero-order valence-electron chi connectivity index (χ0n) is 10.8. The van der Waals surface area contributed by atoms with Crippen LogP contribution in [-0.4, -0.2) is 37.0 Å². The first-order valence-corrected chi connectivity index (χ1v) is 6.11. The van der Waals surface area contributed by atoms with Gasteiger partial charge in [0.2, 0.25) is 5.91 Å². The number of ether oxygens (including phenoxy) is 1.